The Bertz CT molecular complexity index is 608. The van der Waals surface area contributed by atoms with Gasteiger partial charge in [-0.25, -0.2) is 8.78 Å². The molecule has 0 aliphatic heterocycles. The maximum absolute atomic E-state index is 14.2. The number of nitrogens with zero attached hydrogens (tertiary/aromatic N) is 2. The van der Waals surface area contributed by atoms with Crippen LogP contribution < -0.4 is 5.32 Å². The van der Waals surface area contributed by atoms with Crippen LogP contribution in [0.15, 0.2) is 24.4 Å². The fourth-order valence-electron chi connectivity index (χ4n) is 2.49. The summed E-state index contributed by atoms with van der Waals surface area (Å²) in [4.78, 5) is 0. The maximum atomic E-state index is 14.2. The van der Waals surface area contributed by atoms with Gasteiger partial charge in [-0.05, 0) is 25.5 Å². The third-order valence-corrected chi connectivity index (χ3v) is 3.47. The van der Waals surface area contributed by atoms with Crippen LogP contribution in [0.3, 0.4) is 0 Å². The summed E-state index contributed by atoms with van der Waals surface area (Å²) < 4.78 is 29.4. The van der Waals surface area contributed by atoms with Crippen LogP contribution in [0.4, 0.5) is 8.78 Å². The molecule has 0 spiro atoms. The predicted molar refractivity (Wildman–Crippen MR) is 79.1 cm³/mol. The molecule has 1 unspecified atom stereocenters. The van der Waals surface area contributed by atoms with Crippen molar-refractivity contribution in [1.29, 1.82) is 0 Å². The van der Waals surface area contributed by atoms with Gasteiger partial charge in [-0.3, -0.25) is 4.68 Å². The molecule has 2 rings (SSSR count). The second-order valence-electron chi connectivity index (χ2n) is 5.09. The Kier molecular flexibility index (Phi) is 5.07. The van der Waals surface area contributed by atoms with Crippen molar-refractivity contribution < 1.29 is 8.78 Å². The van der Waals surface area contributed by atoms with E-state index in [-0.39, 0.29) is 6.04 Å². The van der Waals surface area contributed by atoms with Gasteiger partial charge in [0.15, 0.2) is 11.6 Å². The average Bonchev–Trinajstić information content (AvgIpc) is 2.84. The minimum Gasteiger partial charge on any atom is -0.306 e. The molecular weight excluding hydrogens is 272 g/mol. The number of hydrogen-bond acceptors (Lipinski definition) is 2. The van der Waals surface area contributed by atoms with E-state index in [1.165, 1.54) is 6.07 Å². The number of aromatic nitrogens is 2. The lowest BCUT2D eigenvalue weighted by Gasteiger charge is -2.20. The average molecular weight is 293 g/mol. The third kappa shape index (κ3) is 3.29. The van der Waals surface area contributed by atoms with Gasteiger partial charge in [0, 0.05) is 24.4 Å². The Morgan fingerprint density at radius 2 is 2.00 bits per heavy atom. The lowest BCUT2D eigenvalue weighted by Crippen LogP contribution is -2.25. The topological polar surface area (TPSA) is 29.9 Å². The molecule has 0 aliphatic rings. The van der Waals surface area contributed by atoms with Crippen LogP contribution in [0, 0.1) is 11.6 Å². The first-order valence-corrected chi connectivity index (χ1v) is 7.28. The van der Waals surface area contributed by atoms with Crippen LogP contribution in [-0.2, 0) is 13.5 Å². The molecule has 0 amide bonds. The van der Waals surface area contributed by atoms with E-state index in [4.69, 9.17) is 0 Å². The van der Waals surface area contributed by atoms with Crippen molar-refractivity contribution in [2.75, 3.05) is 6.54 Å². The van der Waals surface area contributed by atoms with Gasteiger partial charge in [0.1, 0.15) is 0 Å². The molecule has 3 nitrogen and oxygen atoms in total. The fourth-order valence-corrected chi connectivity index (χ4v) is 2.49. The summed E-state index contributed by atoms with van der Waals surface area (Å²) in [5, 5.41) is 7.69. The molecule has 0 radical (unpaired) electrons. The van der Waals surface area contributed by atoms with Crippen molar-refractivity contribution in [2.24, 2.45) is 7.05 Å². The summed E-state index contributed by atoms with van der Waals surface area (Å²) in [5.41, 5.74) is 2.12. The van der Waals surface area contributed by atoms with Gasteiger partial charge in [0.05, 0.1) is 11.7 Å². The molecule has 1 N–H and O–H groups in total. The van der Waals surface area contributed by atoms with E-state index in [0.29, 0.717) is 5.56 Å². The number of nitrogens with one attached hydrogen (secondary N) is 1. The van der Waals surface area contributed by atoms with Crippen molar-refractivity contribution in [3.05, 3.63) is 52.9 Å². The zero-order valence-electron chi connectivity index (χ0n) is 12.7. The Morgan fingerprint density at radius 3 is 2.67 bits per heavy atom. The van der Waals surface area contributed by atoms with Crippen LogP contribution in [-0.4, -0.2) is 16.3 Å². The van der Waals surface area contributed by atoms with Gasteiger partial charge >= 0.3 is 0 Å². The Morgan fingerprint density at radius 1 is 1.24 bits per heavy atom. The van der Waals surface area contributed by atoms with E-state index in [1.54, 1.807) is 10.7 Å². The van der Waals surface area contributed by atoms with Gasteiger partial charge in [-0.1, -0.05) is 26.0 Å². The highest BCUT2D eigenvalue weighted by Crippen LogP contribution is 2.28. The second-order valence-corrected chi connectivity index (χ2v) is 5.09. The normalized spacial score (nSPS) is 12.6. The fraction of sp³-hybridized carbons (Fsp3) is 0.438. The van der Waals surface area contributed by atoms with E-state index in [1.807, 2.05) is 27.1 Å². The number of benzene rings is 1. The molecule has 2 aromatic rings. The van der Waals surface area contributed by atoms with Crippen LogP contribution in [0.25, 0.3) is 0 Å². The molecule has 1 atom stereocenters. The molecule has 1 heterocycles. The van der Waals surface area contributed by atoms with Crippen LogP contribution in [0.2, 0.25) is 0 Å². The Labute approximate surface area is 124 Å². The lowest BCUT2D eigenvalue weighted by molar-refractivity contribution is 0.479. The summed E-state index contributed by atoms with van der Waals surface area (Å²) in [6.07, 6.45) is 3.53. The number of rotatable bonds is 6. The van der Waals surface area contributed by atoms with E-state index in [9.17, 15) is 8.78 Å². The van der Waals surface area contributed by atoms with E-state index in [0.717, 1.165) is 36.7 Å². The first-order valence-electron chi connectivity index (χ1n) is 7.28. The highest BCUT2D eigenvalue weighted by atomic mass is 19.2. The smallest absolute Gasteiger partial charge is 0.163 e. The van der Waals surface area contributed by atoms with E-state index < -0.39 is 11.6 Å². The van der Waals surface area contributed by atoms with Crippen LogP contribution >= 0.6 is 0 Å². The van der Waals surface area contributed by atoms with Crippen molar-refractivity contribution >= 4 is 0 Å². The van der Waals surface area contributed by atoms with Crippen LogP contribution in [0.1, 0.15) is 43.1 Å². The Balaban J connectivity index is 2.49. The van der Waals surface area contributed by atoms with Gasteiger partial charge in [-0.2, -0.15) is 5.10 Å². The van der Waals surface area contributed by atoms with Gasteiger partial charge in [-0.15, -0.1) is 0 Å². The number of aryl methyl sites for hydroxylation is 2. The van der Waals surface area contributed by atoms with Crippen molar-refractivity contribution in [1.82, 2.24) is 15.1 Å². The van der Waals surface area contributed by atoms with Gasteiger partial charge in [0.25, 0.3) is 0 Å². The molecule has 0 saturated carbocycles. The largest absolute Gasteiger partial charge is 0.306 e. The summed E-state index contributed by atoms with van der Waals surface area (Å²) in [6.45, 7) is 4.76. The van der Waals surface area contributed by atoms with Crippen molar-refractivity contribution in [3.8, 4) is 0 Å². The Hall–Kier alpha value is -1.75. The molecule has 0 fully saturated rings. The van der Waals surface area contributed by atoms with Crippen molar-refractivity contribution in [2.45, 2.75) is 32.7 Å². The summed E-state index contributed by atoms with van der Waals surface area (Å²) in [5.74, 6) is -1.62. The van der Waals surface area contributed by atoms with Crippen LogP contribution in [0.5, 0.6) is 0 Å². The minimum atomic E-state index is -0.822. The van der Waals surface area contributed by atoms with E-state index in [2.05, 4.69) is 10.4 Å². The zero-order chi connectivity index (χ0) is 15.4. The molecule has 5 heteroatoms. The molecule has 1 aromatic heterocycles. The first-order chi connectivity index (χ1) is 10.1. The zero-order valence-corrected chi connectivity index (χ0v) is 12.7. The first kappa shape index (κ1) is 15.6. The van der Waals surface area contributed by atoms with E-state index >= 15 is 0 Å². The lowest BCUT2D eigenvalue weighted by atomic mass is 9.97. The standard InChI is InChI=1S/C16H21F2N3/c1-4-9-19-16(11-7-6-8-13(17)15(11)18)12-10-21(3)20-14(12)5-2/h6-8,10,16,19H,4-5,9H2,1-3H3. The molecule has 114 valence electrons. The van der Waals surface area contributed by atoms with Gasteiger partial charge in [0.2, 0.25) is 0 Å². The highest BCUT2D eigenvalue weighted by Gasteiger charge is 2.23. The highest BCUT2D eigenvalue weighted by molar-refractivity contribution is 5.34. The summed E-state index contributed by atoms with van der Waals surface area (Å²) >= 11 is 0. The molecule has 1 aromatic carbocycles. The summed E-state index contributed by atoms with van der Waals surface area (Å²) in [6, 6.07) is 3.91. The third-order valence-electron chi connectivity index (χ3n) is 3.47. The SMILES string of the molecule is CCCNC(c1cn(C)nc1CC)c1cccc(F)c1F. The number of hydrogen-bond donors (Lipinski definition) is 1. The molecule has 0 saturated heterocycles. The van der Waals surface area contributed by atoms with Gasteiger partial charge < -0.3 is 5.32 Å². The molecule has 0 aliphatic carbocycles. The summed E-state index contributed by atoms with van der Waals surface area (Å²) in [7, 11) is 1.83. The predicted octanol–water partition coefficient (Wildman–Crippen LogP) is 3.35. The number of halogens is 2. The van der Waals surface area contributed by atoms with Crippen molar-refractivity contribution in [3.63, 3.8) is 0 Å². The quantitative estimate of drug-likeness (QED) is 0.885. The molecular formula is C16H21F2N3. The maximum Gasteiger partial charge on any atom is 0.163 e. The molecule has 0 bridgehead atoms. The second kappa shape index (κ2) is 6.80. The minimum absolute atomic E-state index is 0.325. The molecule has 21 heavy (non-hydrogen) atoms. The monoisotopic (exact) mass is 293 g/mol.